The Balaban J connectivity index is 3.87. The molecule has 0 saturated heterocycles. The van der Waals surface area contributed by atoms with E-state index in [4.69, 9.17) is 5.11 Å². The minimum Gasteiger partial charge on any atom is -0.390 e. The summed E-state index contributed by atoms with van der Waals surface area (Å²) in [6.07, 6.45) is -0.685. The minimum atomic E-state index is -0.997. The van der Waals surface area contributed by atoms with E-state index in [1.807, 2.05) is 19.0 Å². The van der Waals surface area contributed by atoms with Gasteiger partial charge in [0.15, 0.2) is 0 Å². The van der Waals surface area contributed by atoms with Crippen molar-refractivity contribution >= 4 is 0 Å². The van der Waals surface area contributed by atoms with Crippen LogP contribution in [0.3, 0.4) is 0 Å². The molecule has 2 N–H and O–H groups in total. The molecule has 0 aliphatic rings. The first-order chi connectivity index (χ1) is 4.36. The van der Waals surface area contributed by atoms with Crippen molar-refractivity contribution < 1.29 is 10.2 Å². The Kier molecular flexibility index (Phi) is 3.28. The quantitative estimate of drug-likeness (QED) is 0.575. The van der Waals surface area contributed by atoms with Crippen molar-refractivity contribution in [1.29, 1.82) is 0 Å². The summed E-state index contributed by atoms with van der Waals surface area (Å²) in [6.45, 7) is 3.69. The molecule has 0 bridgehead atoms. The van der Waals surface area contributed by atoms with E-state index in [-0.39, 0.29) is 0 Å². The van der Waals surface area contributed by atoms with Gasteiger partial charge in [0.1, 0.15) is 0 Å². The van der Waals surface area contributed by atoms with Gasteiger partial charge in [-0.15, -0.1) is 0 Å². The highest BCUT2D eigenvalue weighted by Gasteiger charge is 2.26. The Hall–Kier alpha value is -0.120. The SMILES string of the molecule is CC(O)C(C)(O)CN(C)C. The fraction of sp³-hybridized carbons (Fsp3) is 1.00. The van der Waals surface area contributed by atoms with Crippen LogP contribution in [0.25, 0.3) is 0 Å². The number of hydrogen-bond donors (Lipinski definition) is 2. The van der Waals surface area contributed by atoms with Gasteiger partial charge in [0.05, 0.1) is 11.7 Å². The Morgan fingerprint density at radius 3 is 2.00 bits per heavy atom. The van der Waals surface area contributed by atoms with Crippen LogP contribution in [0.1, 0.15) is 13.8 Å². The van der Waals surface area contributed by atoms with Crippen LogP contribution in [0.15, 0.2) is 0 Å². The van der Waals surface area contributed by atoms with Crippen LogP contribution >= 0.6 is 0 Å². The Morgan fingerprint density at radius 1 is 1.50 bits per heavy atom. The Labute approximate surface area is 62.3 Å². The van der Waals surface area contributed by atoms with Crippen molar-refractivity contribution in [1.82, 2.24) is 4.90 Å². The molecule has 0 aromatic rings. The van der Waals surface area contributed by atoms with E-state index in [9.17, 15) is 5.11 Å². The third kappa shape index (κ3) is 3.15. The van der Waals surface area contributed by atoms with Gasteiger partial charge in [-0.05, 0) is 27.9 Å². The average Bonchev–Trinajstić information content (AvgIpc) is 1.60. The molecule has 0 spiro atoms. The summed E-state index contributed by atoms with van der Waals surface area (Å²) in [5.41, 5.74) is -0.997. The fourth-order valence-electron chi connectivity index (χ4n) is 0.772. The van der Waals surface area contributed by atoms with Crippen molar-refractivity contribution in [3.05, 3.63) is 0 Å². The van der Waals surface area contributed by atoms with Crippen LogP contribution < -0.4 is 0 Å². The van der Waals surface area contributed by atoms with Gasteiger partial charge in [-0.3, -0.25) is 0 Å². The monoisotopic (exact) mass is 147 g/mol. The number of aliphatic hydroxyl groups is 2. The number of aliphatic hydroxyl groups excluding tert-OH is 1. The van der Waals surface area contributed by atoms with Gasteiger partial charge in [-0.25, -0.2) is 0 Å². The fourth-order valence-corrected chi connectivity index (χ4v) is 0.772. The summed E-state index contributed by atoms with van der Waals surface area (Å²) in [5, 5.41) is 18.5. The lowest BCUT2D eigenvalue weighted by Gasteiger charge is -2.29. The van der Waals surface area contributed by atoms with Crippen molar-refractivity contribution in [3.63, 3.8) is 0 Å². The summed E-state index contributed by atoms with van der Waals surface area (Å²) < 4.78 is 0. The molecule has 0 fully saturated rings. The molecule has 0 aromatic heterocycles. The maximum atomic E-state index is 9.47. The van der Waals surface area contributed by atoms with Gasteiger partial charge < -0.3 is 15.1 Å². The second-order valence-corrected chi connectivity index (χ2v) is 3.27. The zero-order chi connectivity index (χ0) is 8.36. The van der Waals surface area contributed by atoms with E-state index in [2.05, 4.69) is 0 Å². The second-order valence-electron chi connectivity index (χ2n) is 3.27. The first-order valence-corrected chi connectivity index (χ1v) is 3.41. The summed E-state index contributed by atoms with van der Waals surface area (Å²) in [4.78, 5) is 1.84. The maximum Gasteiger partial charge on any atom is 0.1000 e. The van der Waals surface area contributed by atoms with Crippen molar-refractivity contribution in [2.45, 2.75) is 25.6 Å². The van der Waals surface area contributed by atoms with Crippen LogP contribution in [0, 0.1) is 0 Å². The zero-order valence-electron chi connectivity index (χ0n) is 7.13. The summed E-state index contributed by atoms with van der Waals surface area (Å²) in [5.74, 6) is 0. The van der Waals surface area contributed by atoms with Crippen molar-refractivity contribution in [2.24, 2.45) is 0 Å². The van der Waals surface area contributed by atoms with Gasteiger partial charge in [-0.2, -0.15) is 0 Å². The van der Waals surface area contributed by atoms with Gasteiger partial charge in [0, 0.05) is 6.54 Å². The van der Waals surface area contributed by atoms with Crippen molar-refractivity contribution in [3.8, 4) is 0 Å². The largest absolute Gasteiger partial charge is 0.390 e. The van der Waals surface area contributed by atoms with Crippen LogP contribution in [0.2, 0.25) is 0 Å². The molecule has 0 aliphatic carbocycles. The number of rotatable bonds is 3. The summed E-state index contributed by atoms with van der Waals surface area (Å²) in [7, 11) is 3.72. The van der Waals surface area contributed by atoms with E-state index in [0.717, 1.165) is 0 Å². The third-order valence-electron chi connectivity index (χ3n) is 1.54. The number of hydrogen-bond acceptors (Lipinski definition) is 3. The molecule has 2 unspecified atom stereocenters. The molecule has 2 atom stereocenters. The Bertz CT molecular complexity index is 99.8. The molecule has 62 valence electrons. The lowest BCUT2D eigenvalue weighted by atomic mass is 10.0. The summed E-state index contributed by atoms with van der Waals surface area (Å²) in [6, 6.07) is 0. The maximum absolute atomic E-state index is 9.47. The normalized spacial score (nSPS) is 20.7. The topological polar surface area (TPSA) is 43.7 Å². The average molecular weight is 147 g/mol. The molecule has 10 heavy (non-hydrogen) atoms. The standard InChI is InChI=1S/C7H17NO2/c1-6(9)7(2,10)5-8(3)4/h6,9-10H,5H2,1-4H3. The smallest absolute Gasteiger partial charge is 0.1000 e. The van der Waals surface area contributed by atoms with Crippen LogP contribution in [0.4, 0.5) is 0 Å². The van der Waals surface area contributed by atoms with Crippen LogP contribution in [-0.4, -0.2) is 47.5 Å². The minimum absolute atomic E-state index is 0.477. The van der Waals surface area contributed by atoms with Gasteiger partial charge >= 0.3 is 0 Å². The molecule has 0 rings (SSSR count). The molecule has 0 radical (unpaired) electrons. The van der Waals surface area contributed by atoms with E-state index in [0.29, 0.717) is 6.54 Å². The molecule has 0 amide bonds. The Morgan fingerprint density at radius 2 is 1.90 bits per heavy atom. The first-order valence-electron chi connectivity index (χ1n) is 3.41. The van der Waals surface area contributed by atoms with Gasteiger partial charge in [0.2, 0.25) is 0 Å². The molecule has 3 heteroatoms. The highest BCUT2D eigenvalue weighted by atomic mass is 16.3. The molecule has 0 saturated carbocycles. The lowest BCUT2D eigenvalue weighted by molar-refractivity contribution is -0.0649. The van der Waals surface area contributed by atoms with E-state index in [1.54, 1.807) is 13.8 Å². The predicted octanol–water partition coefficient (Wildman–Crippen LogP) is -0.320. The van der Waals surface area contributed by atoms with E-state index >= 15 is 0 Å². The van der Waals surface area contributed by atoms with Gasteiger partial charge in [-0.1, -0.05) is 0 Å². The lowest BCUT2D eigenvalue weighted by Crippen LogP contribution is -2.45. The number of likely N-dealkylation sites (N-methyl/N-ethyl adjacent to an activating group) is 1. The van der Waals surface area contributed by atoms with Crippen LogP contribution in [-0.2, 0) is 0 Å². The molecule has 3 nitrogen and oxygen atoms in total. The molecule has 0 aromatic carbocycles. The third-order valence-corrected chi connectivity index (χ3v) is 1.54. The van der Waals surface area contributed by atoms with Crippen molar-refractivity contribution in [2.75, 3.05) is 20.6 Å². The molecule has 0 aliphatic heterocycles. The zero-order valence-corrected chi connectivity index (χ0v) is 7.13. The summed E-state index contributed by atoms with van der Waals surface area (Å²) >= 11 is 0. The second kappa shape index (κ2) is 3.32. The highest BCUT2D eigenvalue weighted by Crippen LogP contribution is 2.09. The van der Waals surface area contributed by atoms with E-state index in [1.165, 1.54) is 0 Å². The number of nitrogens with zero attached hydrogens (tertiary/aromatic N) is 1. The van der Waals surface area contributed by atoms with Gasteiger partial charge in [0.25, 0.3) is 0 Å². The van der Waals surface area contributed by atoms with Crippen LogP contribution in [0.5, 0.6) is 0 Å². The molecule has 0 heterocycles. The van der Waals surface area contributed by atoms with E-state index < -0.39 is 11.7 Å². The highest BCUT2D eigenvalue weighted by molar-refractivity contribution is 4.80. The molecular weight excluding hydrogens is 130 g/mol. The molecular formula is C7H17NO2. The first kappa shape index (κ1) is 9.88. The predicted molar refractivity (Wildman–Crippen MR) is 40.9 cm³/mol.